The van der Waals surface area contributed by atoms with E-state index in [1.54, 1.807) is 6.07 Å². The molecule has 1 saturated carbocycles. The van der Waals surface area contributed by atoms with E-state index in [2.05, 4.69) is 48.0 Å². The molecule has 1 aromatic heterocycles. The van der Waals surface area contributed by atoms with Crippen LogP contribution in [-0.4, -0.2) is 4.98 Å². The Balaban J connectivity index is 1.65. The summed E-state index contributed by atoms with van der Waals surface area (Å²) in [4.78, 5) is 3.61. The molecule has 1 aromatic carbocycles. The van der Waals surface area contributed by atoms with Crippen molar-refractivity contribution in [1.29, 1.82) is 0 Å². The average Bonchev–Trinajstić information content (AvgIpc) is 2.62. The van der Waals surface area contributed by atoms with Crippen LogP contribution < -0.4 is 0 Å². The molecule has 0 atom stereocenters. The highest BCUT2D eigenvalue weighted by atomic mass is 19.1. The minimum absolute atomic E-state index is 0.474. The second kappa shape index (κ2) is 7.42. The van der Waals surface area contributed by atoms with Crippen molar-refractivity contribution < 1.29 is 4.39 Å². The lowest BCUT2D eigenvalue weighted by atomic mass is 9.78. The van der Waals surface area contributed by atoms with E-state index < -0.39 is 5.95 Å². The van der Waals surface area contributed by atoms with Crippen LogP contribution in [0.3, 0.4) is 0 Å². The minimum Gasteiger partial charge on any atom is -0.227 e. The molecule has 0 unspecified atom stereocenters. The Labute approximate surface area is 138 Å². The highest BCUT2D eigenvalue weighted by Gasteiger charge is 2.20. The monoisotopic (exact) mass is 307 g/mol. The van der Waals surface area contributed by atoms with E-state index in [1.807, 2.05) is 0 Å². The number of pyridine rings is 1. The van der Waals surface area contributed by atoms with E-state index in [1.165, 1.54) is 49.9 Å². The molecule has 23 heavy (non-hydrogen) atoms. The first kappa shape index (κ1) is 15.7. The minimum atomic E-state index is -0.474. The van der Waals surface area contributed by atoms with Gasteiger partial charge >= 0.3 is 0 Å². The van der Waals surface area contributed by atoms with Crippen molar-refractivity contribution >= 4 is 0 Å². The molecule has 0 aliphatic heterocycles. The van der Waals surface area contributed by atoms with Gasteiger partial charge in [0.2, 0.25) is 5.95 Å². The molecule has 1 heterocycles. The van der Waals surface area contributed by atoms with E-state index in [4.69, 9.17) is 0 Å². The molecule has 0 N–H and O–H groups in total. The maximum absolute atomic E-state index is 12.8. The van der Waals surface area contributed by atoms with Crippen LogP contribution in [0.1, 0.15) is 61.6 Å². The summed E-state index contributed by atoms with van der Waals surface area (Å²) in [5.74, 6) is 7.30. The maximum atomic E-state index is 12.8. The largest absolute Gasteiger partial charge is 0.227 e. The Hall–Kier alpha value is -2.14. The summed E-state index contributed by atoms with van der Waals surface area (Å²) in [7, 11) is 0. The second-order valence-electron chi connectivity index (χ2n) is 6.37. The number of nitrogens with zero attached hydrogens (tertiary/aromatic N) is 1. The van der Waals surface area contributed by atoms with Crippen LogP contribution >= 0.6 is 0 Å². The average molecular weight is 307 g/mol. The Morgan fingerprint density at radius 1 is 0.957 bits per heavy atom. The maximum Gasteiger partial charge on any atom is 0.212 e. The predicted molar refractivity (Wildman–Crippen MR) is 91.6 cm³/mol. The van der Waals surface area contributed by atoms with Gasteiger partial charge < -0.3 is 0 Å². The normalized spacial score (nSPS) is 20.6. The topological polar surface area (TPSA) is 12.9 Å². The van der Waals surface area contributed by atoms with Crippen LogP contribution in [0.2, 0.25) is 0 Å². The van der Waals surface area contributed by atoms with Crippen LogP contribution in [0, 0.1) is 23.7 Å². The van der Waals surface area contributed by atoms with Crippen LogP contribution in [0.4, 0.5) is 4.39 Å². The molecular weight excluding hydrogens is 285 g/mol. The highest BCUT2D eigenvalue weighted by molar-refractivity contribution is 5.42. The standard InChI is InChI=1S/C21H22FN/c1-2-16-5-10-19(11-6-16)20-12-7-17(8-13-20)3-4-18-9-14-21(22)23-15-18/h7-9,12-16,19H,2,5-6,10-11H2,1H3/t16-,19-. The molecular formula is C21H22FN. The molecule has 0 bridgehead atoms. The van der Waals surface area contributed by atoms with Crippen molar-refractivity contribution in [1.82, 2.24) is 4.98 Å². The van der Waals surface area contributed by atoms with Crippen molar-refractivity contribution in [2.45, 2.75) is 44.9 Å². The molecule has 1 nitrogen and oxygen atoms in total. The third kappa shape index (κ3) is 4.20. The zero-order valence-corrected chi connectivity index (χ0v) is 13.6. The SMILES string of the molecule is CC[C@H]1CC[C@H](c2ccc(C#Cc3ccc(F)nc3)cc2)CC1. The van der Waals surface area contributed by atoms with Crippen LogP contribution in [-0.2, 0) is 0 Å². The summed E-state index contributed by atoms with van der Waals surface area (Å²) in [6.07, 6.45) is 8.12. The summed E-state index contributed by atoms with van der Waals surface area (Å²) in [5.41, 5.74) is 3.15. The molecule has 0 saturated heterocycles. The molecule has 1 aliphatic carbocycles. The molecule has 1 fully saturated rings. The lowest BCUT2D eigenvalue weighted by Crippen LogP contribution is -2.12. The second-order valence-corrected chi connectivity index (χ2v) is 6.37. The van der Waals surface area contributed by atoms with Gasteiger partial charge in [0.15, 0.2) is 0 Å². The van der Waals surface area contributed by atoms with Crippen molar-refractivity contribution in [3.8, 4) is 11.8 Å². The fourth-order valence-electron chi connectivity index (χ4n) is 3.34. The molecule has 0 spiro atoms. The Morgan fingerprint density at radius 2 is 1.61 bits per heavy atom. The van der Waals surface area contributed by atoms with Crippen molar-refractivity contribution in [2.24, 2.45) is 5.92 Å². The first-order chi connectivity index (χ1) is 11.2. The lowest BCUT2D eigenvalue weighted by Gasteiger charge is -2.28. The van der Waals surface area contributed by atoms with Gasteiger partial charge in [-0.2, -0.15) is 4.39 Å². The van der Waals surface area contributed by atoms with Gasteiger partial charge in [0.05, 0.1) is 0 Å². The molecule has 1 aliphatic rings. The van der Waals surface area contributed by atoms with E-state index in [0.29, 0.717) is 5.92 Å². The van der Waals surface area contributed by atoms with Gasteiger partial charge in [0.25, 0.3) is 0 Å². The molecule has 3 rings (SSSR count). The van der Waals surface area contributed by atoms with E-state index in [9.17, 15) is 4.39 Å². The zero-order valence-electron chi connectivity index (χ0n) is 13.6. The highest BCUT2D eigenvalue weighted by Crippen LogP contribution is 2.36. The first-order valence-electron chi connectivity index (χ1n) is 8.48. The quantitative estimate of drug-likeness (QED) is 0.541. The van der Waals surface area contributed by atoms with Gasteiger partial charge in [-0.1, -0.05) is 37.3 Å². The molecule has 0 radical (unpaired) electrons. The fraction of sp³-hybridized carbons (Fsp3) is 0.381. The summed E-state index contributed by atoms with van der Waals surface area (Å²) >= 11 is 0. The summed E-state index contributed by atoms with van der Waals surface area (Å²) in [6.45, 7) is 2.30. The Bertz CT molecular complexity index is 683. The summed E-state index contributed by atoms with van der Waals surface area (Å²) < 4.78 is 12.8. The van der Waals surface area contributed by atoms with Crippen molar-refractivity contribution in [3.05, 3.63) is 65.2 Å². The number of benzene rings is 1. The number of rotatable bonds is 2. The molecule has 2 heteroatoms. The van der Waals surface area contributed by atoms with Crippen molar-refractivity contribution in [3.63, 3.8) is 0 Å². The van der Waals surface area contributed by atoms with E-state index >= 15 is 0 Å². The lowest BCUT2D eigenvalue weighted by molar-refractivity contribution is 0.319. The molecule has 2 aromatic rings. The third-order valence-electron chi connectivity index (χ3n) is 4.88. The van der Waals surface area contributed by atoms with Crippen LogP contribution in [0.5, 0.6) is 0 Å². The van der Waals surface area contributed by atoms with Crippen LogP contribution in [0.25, 0.3) is 0 Å². The number of halogens is 1. The van der Waals surface area contributed by atoms with E-state index in [0.717, 1.165) is 17.0 Å². The van der Waals surface area contributed by atoms with Crippen LogP contribution in [0.15, 0.2) is 42.6 Å². The van der Waals surface area contributed by atoms with Gasteiger partial charge in [-0.25, -0.2) is 4.98 Å². The van der Waals surface area contributed by atoms with Gasteiger partial charge in [0.1, 0.15) is 0 Å². The van der Waals surface area contributed by atoms with E-state index in [-0.39, 0.29) is 0 Å². The van der Waals surface area contributed by atoms with Gasteiger partial charge in [-0.3, -0.25) is 0 Å². The van der Waals surface area contributed by atoms with Gasteiger partial charge in [0, 0.05) is 17.3 Å². The number of hydrogen-bond donors (Lipinski definition) is 0. The zero-order chi connectivity index (χ0) is 16.1. The first-order valence-corrected chi connectivity index (χ1v) is 8.48. The Kier molecular flexibility index (Phi) is 5.08. The molecule has 118 valence electrons. The third-order valence-corrected chi connectivity index (χ3v) is 4.88. The summed E-state index contributed by atoms with van der Waals surface area (Å²) in [6, 6.07) is 11.6. The number of aromatic nitrogens is 1. The number of hydrogen-bond acceptors (Lipinski definition) is 1. The summed E-state index contributed by atoms with van der Waals surface area (Å²) in [5, 5.41) is 0. The smallest absolute Gasteiger partial charge is 0.212 e. The predicted octanol–water partition coefficient (Wildman–Crippen LogP) is 5.30. The molecule has 0 amide bonds. The van der Waals surface area contributed by atoms with Gasteiger partial charge in [-0.05, 0) is 67.3 Å². The van der Waals surface area contributed by atoms with Gasteiger partial charge in [-0.15, -0.1) is 0 Å². The van der Waals surface area contributed by atoms with Crippen molar-refractivity contribution in [2.75, 3.05) is 0 Å². The fourth-order valence-corrected chi connectivity index (χ4v) is 3.34. The Morgan fingerprint density at radius 3 is 2.22 bits per heavy atom.